The predicted molar refractivity (Wildman–Crippen MR) is 80.8 cm³/mol. The smallest absolute Gasteiger partial charge is 0.335 e. The van der Waals surface area contributed by atoms with Gasteiger partial charge in [0.2, 0.25) is 0 Å². The Balaban J connectivity index is 2.03. The highest BCUT2D eigenvalue weighted by Crippen LogP contribution is 2.18. The van der Waals surface area contributed by atoms with Crippen LogP contribution >= 0.6 is 0 Å². The molecule has 0 aliphatic carbocycles. The van der Waals surface area contributed by atoms with E-state index in [2.05, 4.69) is 17.1 Å². The van der Waals surface area contributed by atoms with Crippen molar-refractivity contribution < 1.29 is 14.7 Å². The van der Waals surface area contributed by atoms with Gasteiger partial charge in [0.1, 0.15) is 0 Å². The largest absolute Gasteiger partial charge is 0.478 e. The number of piperazine rings is 1. The maximum Gasteiger partial charge on any atom is 0.335 e. The fourth-order valence-corrected chi connectivity index (χ4v) is 2.35. The molecule has 0 spiro atoms. The summed E-state index contributed by atoms with van der Waals surface area (Å²) in [6.07, 6.45) is 0. The number of hydrogen-bond donors (Lipinski definition) is 2. The number of nitrogens with zero attached hydrogens (tertiary/aromatic N) is 2. The number of carbonyl (C=O) groups excluding carboxylic acids is 1. The fraction of sp³-hybridized carbons (Fsp3) is 0.467. The Labute approximate surface area is 124 Å². The van der Waals surface area contributed by atoms with Crippen LogP contribution in [-0.2, 0) is 0 Å². The molecule has 0 aromatic heterocycles. The molecular weight excluding hydrogens is 270 g/mol. The van der Waals surface area contributed by atoms with Gasteiger partial charge >= 0.3 is 12.0 Å². The highest BCUT2D eigenvalue weighted by Gasteiger charge is 2.20. The van der Waals surface area contributed by atoms with Crippen LogP contribution < -0.4 is 5.32 Å². The molecule has 114 valence electrons. The van der Waals surface area contributed by atoms with Crippen molar-refractivity contribution in [3.63, 3.8) is 0 Å². The van der Waals surface area contributed by atoms with Crippen LogP contribution in [0.3, 0.4) is 0 Å². The molecule has 2 rings (SSSR count). The van der Waals surface area contributed by atoms with Gasteiger partial charge in [-0.15, -0.1) is 0 Å². The van der Waals surface area contributed by atoms with Crippen LogP contribution in [0.5, 0.6) is 0 Å². The van der Waals surface area contributed by atoms with Crippen molar-refractivity contribution in [3.05, 3.63) is 29.3 Å². The number of nitrogens with one attached hydrogen (secondary N) is 1. The topological polar surface area (TPSA) is 72.9 Å². The number of aryl methyl sites for hydroxylation is 1. The van der Waals surface area contributed by atoms with Crippen LogP contribution in [0.2, 0.25) is 0 Å². The number of carboxylic acids is 1. The van der Waals surface area contributed by atoms with Crippen molar-refractivity contribution in [2.45, 2.75) is 13.8 Å². The minimum Gasteiger partial charge on any atom is -0.478 e. The minimum absolute atomic E-state index is 0.170. The second-order valence-electron chi connectivity index (χ2n) is 5.19. The molecule has 1 aromatic carbocycles. The molecule has 1 fully saturated rings. The lowest BCUT2D eigenvalue weighted by Crippen LogP contribution is -2.49. The third kappa shape index (κ3) is 3.72. The summed E-state index contributed by atoms with van der Waals surface area (Å²) in [5.41, 5.74) is 1.57. The van der Waals surface area contributed by atoms with Crippen molar-refractivity contribution in [1.82, 2.24) is 9.80 Å². The van der Waals surface area contributed by atoms with E-state index in [1.165, 1.54) is 12.1 Å². The van der Waals surface area contributed by atoms with Crippen molar-refractivity contribution in [1.29, 1.82) is 0 Å². The molecule has 0 radical (unpaired) electrons. The Morgan fingerprint density at radius 3 is 2.48 bits per heavy atom. The Morgan fingerprint density at radius 2 is 1.90 bits per heavy atom. The van der Waals surface area contributed by atoms with E-state index < -0.39 is 5.97 Å². The van der Waals surface area contributed by atoms with E-state index in [4.69, 9.17) is 5.11 Å². The molecule has 1 aliphatic rings. The van der Waals surface area contributed by atoms with Crippen molar-refractivity contribution >= 4 is 17.7 Å². The van der Waals surface area contributed by atoms with Gasteiger partial charge in [0.15, 0.2) is 0 Å². The van der Waals surface area contributed by atoms with Crippen LogP contribution in [0.1, 0.15) is 22.8 Å². The Kier molecular flexibility index (Phi) is 4.80. The Hall–Kier alpha value is -2.08. The maximum atomic E-state index is 12.2. The molecular formula is C15H21N3O3. The molecule has 1 saturated heterocycles. The number of anilines is 1. The van der Waals surface area contributed by atoms with Crippen LogP contribution in [0.4, 0.5) is 10.5 Å². The average Bonchev–Trinajstić information content (AvgIpc) is 2.49. The van der Waals surface area contributed by atoms with Crippen molar-refractivity contribution in [2.75, 3.05) is 38.0 Å². The van der Waals surface area contributed by atoms with E-state index in [9.17, 15) is 9.59 Å². The van der Waals surface area contributed by atoms with E-state index in [0.717, 1.165) is 25.2 Å². The van der Waals surface area contributed by atoms with Gasteiger partial charge in [-0.25, -0.2) is 9.59 Å². The van der Waals surface area contributed by atoms with E-state index >= 15 is 0 Å². The normalized spacial score (nSPS) is 15.8. The Morgan fingerprint density at radius 1 is 1.24 bits per heavy atom. The summed E-state index contributed by atoms with van der Waals surface area (Å²) in [7, 11) is 0. The maximum absolute atomic E-state index is 12.2. The highest BCUT2D eigenvalue weighted by atomic mass is 16.4. The van der Waals surface area contributed by atoms with Gasteiger partial charge in [0.25, 0.3) is 0 Å². The monoisotopic (exact) mass is 291 g/mol. The lowest BCUT2D eigenvalue weighted by Gasteiger charge is -2.34. The molecule has 0 unspecified atom stereocenters. The number of aromatic carboxylic acids is 1. The summed E-state index contributed by atoms with van der Waals surface area (Å²) >= 11 is 0. The number of likely N-dealkylation sites (N-methyl/N-ethyl adjacent to an activating group) is 1. The molecule has 2 amide bonds. The van der Waals surface area contributed by atoms with E-state index in [-0.39, 0.29) is 11.6 Å². The van der Waals surface area contributed by atoms with E-state index in [0.29, 0.717) is 18.8 Å². The first-order valence-electron chi connectivity index (χ1n) is 7.13. The summed E-state index contributed by atoms with van der Waals surface area (Å²) < 4.78 is 0. The first-order valence-corrected chi connectivity index (χ1v) is 7.13. The molecule has 1 aliphatic heterocycles. The number of carboxylic acid groups (broad SMARTS) is 1. The summed E-state index contributed by atoms with van der Waals surface area (Å²) in [4.78, 5) is 27.3. The quantitative estimate of drug-likeness (QED) is 0.891. The summed E-state index contributed by atoms with van der Waals surface area (Å²) in [6, 6.07) is 4.57. The lowest BCUT2D eigenvalue weighted by molar-refractivity contribution is 0.0697. The zero-order valence-corrected chi connectivity index (χ0v) is 12.4. The zero-order chi connectivity index (χ0) is 15.4. The SMILES string of the molecule is CCN1CCN(C(=O)Nc2cc(C(=O)O)ccc2C)CC1. The Bertz CT molecular complexity index is 537. The first kappa shape index (κ1) is 15.3. The second-order valence-corrected chi connectivity index (χ2v) is 5.19. The van der Waals surface area contributed by atoms with Gasteiger partial charge in [-0.05, 0) is 31.2 Å². The lowest BCUT2D eigenvalue weighted by atomic mass is 10.1. The fourth-order valence-electron chi connectivity index (χ4n) is 2.35. The summed E-state index contributed by atoms with van der Waals surface area (Å²) in [6.45, 7) is 8.08. The van der Waals surface area contributed by atoms with Gasteiger partial charge in [0, 0.05) is 31.9 Å². The molecule has 21 heavy (non-hydrogen) atoms. The number of rotatable bonds is 3. The highest BCUT2D eigenvalue weighted by molar-refractivity contribution is 5.94. The van der Waals surface area contributed by atoms with Gasteiger partial charge in [-0.3, -0.25) is 0 Å². The van der Waals surface area contributed by atoms with Gasteiger partial charge in [-0.1, -0.05) is 13.0 Å². The minimum atomic E-state index is -0.998. The van der Waals surface area contributed by atoms with Crippen LogP contribution in [0, 0.1) is 6.92 Å². The van der Waals surface area contributed by atoms with Crippen LogP contribution in [-0.4, -0.2) is 59.6 Å². The number of carbonyl (C=O) groups is 2. The molecule has 2 N–H and O–H groups in total. The molecule has 0 atom stereocenters. The summed E-state index contributed by atoms with van der Waals surface area (Å²) in [5.74, 6) is -0.998. The number of benzene rings is 1. The first-order chi connectivity index (χ1) is 10.0. The van der Waals surface area contributed by atoms with Crippen LogP contribution in [0.15, 0.2) is 18.2 Å². The average molecular weight is 291 g/mol. The molecule has 0 saturated carbocycles. The second kappa shape index (κ2) is 6.58. The molecule has 1 heterocycles. The number of hydrogen-bond acceptors (Lipinski definition) is 3. The molecule has 6 nitrogen and oxygen atoms in total. The van der Waals surface area contributed by atoms with Crippen LogP contribution in [0.25, 0.3) is 0 Å². The molecule has 6 heteroatoms. The summed E-state index contributed by atoms with van der Waals surface area (Å²) in [5, 5.41) is 11.8. The van der Waals surface area contributed by atoms with Gasteiger partial charge in [0.05, 0.1) is 5.56 Å². The number of amides is 2. The molecule has 1 aromatic rings. The van der Waals surface area contributed by atoms with Gasteiger partial charge in [-0.2, -0.15) is 0 Å². The van der Waals surface area contributed by atoms with E-state index in [1.54, 1.807) is 11.0 Å². The predicted octanol–water partition coefficient (Wildman–Crippen LogP) is 1.86. The molecule has 0 bridgehead atoms. The third-order valence-corrected chi connectivity index (χ3v) is 3.83. The van der Waals surface area contributed by atoms with Crippen molar-refractivity contribution in [3.8, 4) is 0 Å². The van der Waals surface area contributed by atoms with Crippen molar-refractivity contribution in [2.24, 2.45) is 0 Å². The van der Waals surface area contributed by atoms with Gasteiger partial charge < -0.3 is 20.2 Å². The number of urea groups is 1. The zero-order valence-electron chi connectivity index (χ0n) is 12.4. The van der Waals surface area contributed by atoms with E-state index in [1.807, 2.05) is 6.92 Å². The standard InChI is InChI=1S/C15H21N3O3/c1-3-17-6-8-18(9-7-17)15(21)16-13-10-12(14(19)20)5-4-11(13)2/h4-5,10H,3,6-9H2,1-2H3,(H,16,21)(H,19,20). The third-order valence-electron chi connectivity index (χ3n) is 3.83.